The zero-order valence-electron chi connectivity index (χ0n) is 15.6. The summed E-state index contributed by atoms with van der Waals surface area (Å²) in [6.45, 7) is 2.62. The van der Waals surface area contributed by atoms with Crippen LogP contribution in [0.3, 0.4) is 0 Å². The Hall–Kier alpha value is -2.65. The molecule has 154 valence electrons. The minimum Gasteiger partial charge on any atom is -0.393 e. The summed E-state index contributed by atoms with van der Waals surface area (Å²) in [6.07, 6.45) is -1.80. The third-order valence-electron chi connectivity index (χ3n) is 5.35. The number of nitrogens with zero attached hydrogens (tertiary/aromatic N) is 3. The normalized spacial score (nSPS) is 16.6. The summed E-state index contributed by atoms with van der Waals surface area (Å²) in [5.74, 6) is 0. The summed E-state index contributed by atoms with van der Waals surface area (Å²) in [5, 5.41) is 9.61. The molecular formula is C20H21F3N4O2. The van der Waals surface area contributed by atoms with Crippen molar-refractivity contribution in [3.8, 4) is 11.1 Å². The number of fused-ring (bicyclic) bond motifs is 1. The highest BCUT2D eigenvalue weighted by Gasteiger charge is 2.30. The van der Waals surface area contributed by atoms with Crippen molar-refractivity contribution >= 4 is 11.2 Å². The number of hydrogen-bond donors (Lipinski definition) is 2. The van der Waals surface area contributed by atoms with E-state index >= 15 is 0 Å². The first-order valence-corrected chi connectivity index (χ1v) is 9.48. The van der Waals surface area contributed by atoms with E-state index in [1.807, 2.05) is 0 Å². The smallest absolute Gasteiger partial charge is 0.393 e. The fourth-order valence-electron chi connectivity index (χ4n) is 3.67. The molecule has 0 bridgehead atoms. The maximum atomic E-state index is 13.0. The number of rotatable bonds is 4. The van der Waals surface area contributed by atoms with Gasteiger partial charge in [0.15, 0.2) is 5.65 Å². The van der Waals surface area contributed by atoms with E-state index in [0.29, 0.717) is 48.2 Å². The van der Waals surface area contributed by atoms with Crippen LogP contribution in [0.15, 0.2) is 41.3 Å². The van der Waals surface area contributed by atoms with Gasteiger partial charge in [-0.05, 0) is 36.6 Å². The highest BCUT2D eigenvalue weighted by Crippen LogP contribution is 2.32. The van der Waals surface area contributed by atoms with Crippen LogP contribution < -0.4 is 5.69 Å². The van der Waals surface area contributed by atoms with Crippen LogP contribution in [0.1, 0.15) is 18.4 Å². The highest BCUT2D eigenvalue weighted by molar-refractivity contribution is 5.78. The Morgan fingerprint density at radius 3 is 2.62 bits per heavy atom. The number of aromatic amines is 1. The van der Waals surface area contributed by atoms with Crippen molar-refractivity contribution in [2.24, 2.45) is 0 Å². The largest absolute Gasteiger partial charge is 0.416 e. The maximum absolute atomic E-state index is 13.0. The topological polar surface area (TPSA) is 74.2 Å². The summed E-state index contributed by atoms with van der Waals surface area (Å²) in [5.41, 5.74) is 0.832. The third-order valence-corrected chi connectivity index (χ3v) is 5.35. The third kappa shape index (κ3) is 4.20. The van der Waals surface area contributed by atoms with E-state index in [1.54, 1.807) is 16.7 Å². The average molecular weight is 406 g/mol. The Bertz CT molecular complexity index is 1070. The van der Waals surface area contributed by atoms with Crippen LogP contribution >= 0.6 is 0 Å². The Balaban J connectivity index is 1.62. The Morgan fingerprint density at radius 2 is 1.90 bits per heavy atom. The number of aliphatic hydroxyl groups excluding tert-OH is 1. The van der Waals surface area contributed by atoms with Gasteiger partial charge in [-0.3, -0.25) is 9.55 Å². The van der Waals surface area contributed by atoms with Crippen molar-refractivity contribution < 1.29 is 18.3 Å². The molecule has 1 aliphatic heterocycles. The molecule has 9 heteroatoms. The van der Waals surface area contributed by atoms with Gasteiger partial charge >= 0.3 is 11.9 Å². The number of imidazole rings is 1. The number of hydrogen-bond acceptors (Lipinski definition) is 4. The number of pyridine rings is 1. The van der Waals surface area contributed by atoms with E-state index in [-0.39, 0.29) is 11.8 Å². The molecule has 0 radical (unpaired) electrons. The summed E-state index contributed by atoms with van der Waals surface area (Å²) < 4.78 is 40.6. The lowest BCUT2D eigenvalue weighted by Crippen LogP contribution is -2.38. The lowest BCUT2D eigenvalue weighted by molar-refractivity contribution is -0.137. The number of benzene rings is 1. The molecule has 2 N–H and O–H groups in total. The zero-order chi connectivity index (χ0) is 20.6. The molecule has 0 aliphatic carbocycles. The molecule has 2 aromatic heterocycles. The molecule has 4 rings (SSSR count). The van der Waals surface area contributed by atoms with E-state index in [9.17, 15) is 23.1 Å². The summed E-state index contributed by atoms with van der Waals surface area (Å²) >= 11 is 0. The van der Waals surface area contributed by atoms with E-state index in [0.717, 1.165) is 25.2 Å². The van der Waals surface area contributed by atoms with Gasteiger partial charge in [-0.15, -0.1) is 0 Å². The molecule has 0 atom stereocenters. The van der Waals surface area contributed by atoms with E-state index < -0.39 is 11.7 Å². The van der Waals surface area contributed by atoms with Crippen molar-refractivity contribution in [2.45, 2.75) is 31.7 Å². The monoisotopic (exact) mass is 406 g/mol. The van der Waals surface area contributed by atoms with E-state index in [4.69, 9.17) is 0 Å². The number of nitrogens with one attached hydrogen (secondary N) is 1. The van der Waals surface area contributed by atoms with Crippen LogP contribution in [0.2, 0.25) is 0 Å². The minimum atomic E-state index is -4.42. The molecule has 0 saturated carbocycles. The van der Waals surface area contributed by atoms with Gasteiger partial charge in [-0.2, -0.15) is 13.2 Å². The molecule has 6 nitrogen and oxygen atoms in total. The van der Waals surface area contributed by atoms with Crippen molar-refractivity contribution in [1.82, 2.24) is 19.4 Å². The summed E-state index contributed by atoms with van der Waals surface area (Å²) in [6, 6.07) is 6.74. The van der Waals surface area contributed by atoms with E-state index in [1.165, 1.54) is 12.3 Å². The van der Waals surface area contributed by atoms with Crippen LogP contribution in [0.5, 0.6) is 0 Å². The van der Waals surface area contributed by atoms with E-state index in [2.05, 4.69) is 14.9 Å². The first kappa shape index (κ1) is 19.7. The van der Waals surface area contributed by atoms with Crippen LogP contribution in [0, 0.1) is 0 Å². The average Bonchev–Trinajstić information content (AvgIpc) is 3.01. The Morgan fingerprint density at radius 1 is 1.14 bits per heavy atom. The van der Waals surface area contributed by atoms with Crippen molar-refractivity contribution in [3.05, 3.63) is 52.6 Å². The molecule has 1 fully saturated rings. The Labute approximate surface area is 164 Å². The molecule has 0 spiro atoms. The fourth-order valence-corrected chi connectivity index (χ4v) is 3.67. The minimum absolute atomic E-state index is 0.263. The SMILES string of the molecule is O=c1[nH]c2ncc(-c3cccc(C(F)(F)F)c3)cc2n1CCN1CCC(O)CC1. The van der Waals surface area contributed by atoms with Gasteiger partial charge in [0.2, 0.25) is 0 Å². The van der Waals surface area contributed by atoms with Gasteiger partial charge in [-0.1, -0.05) is 12.1 Å². The second kappa shape index (κ2) is 7.64. The first-order chi connectivity index (χ1) is 13.8. The van der Waals surface area contributed by atoms with Crippen molar-refractivity contribution in [2.75, 3.05) is 19.6 Å². The predicted octanol–water partition coefficient (Wildman–Crippen LogP) is 2.87. The molecule has 1 aliphatic rings. The molecule has 29 heavy (non-hydrogen) atoms. The zero-order valence-corrected chi connectivity index (χ0v) is 15.6. The number of likely N-dealkylation sites (tertiary alicyclic amines) is 1. The predicted molar refractivity (Wildman–Crippen MR) is 102 cm³/mol. The van der Waals surface area contributed by atoms with Gasteiger partial charge in [0.25, 0.3) is 0 Å². The van der Waals surface area contributed by atoms with Gasteiger partial charge in [0.1, 0.15) is 0 Å². The van der Waals surface area contributed by atoms with Gasteiger partial charge in [-0.25, -0.2) is 9.78 Å². The molecule has 3 heterocycles. The fraction of sp³-hybridized carbons (Fsp3) is 0.400. The summed E-state index contributed by atoms with van der Waals surface area (Å²) in [4.78, 5) is 21.5. The number of aliphatic hydroxyl groups is 1. The van der Waals surface area contributed by atoms with Gasteiger partial charge in [0, 0.05) is 37.9 Å². The van der Waals surface area contributed by atoms with Crippen molar-refractivity contribution in [1.29, 1.82) is 0 Å². The molecule has 0 unspecified atom stereocenters. The molecule has 3 aromatic rings. The number of H-pyrrole nitrogens is 1. The lowest BCUT2D eigenvalue weighted by atomic mass is 10.0. The highest BCUT2D eigenvalue weighted by atomic mass is 19.4. The quantitative estimate of drug-likeness (QED) is 0.699. The molecule has 1 saturated heterocycles. The van der Waals surface area contributed by atoms with Gasteiger partial charge < -0.3 is 10.0 Å². The standard InChI is InChI=1S/C20H21F3N4O2/c21-20(22,23)15-3-1-2-13(10-15)14-11-17-18(24-12-14)25-19(29)27(17)9-8-26-6-4-16(28)5-7-26/h1-3,10-12,16,28H,4-9H2,(H,24,25,29). The lowest BCUT2D eigenvalue weighted by Gasteiger charge is -2.29. The number of halogens is 3. The van der Waals surface area contributed by atoms with Gasteiger partial charge in [0.05, 0.1) is 17.2 Å². The molecular weight excluding hydrogens is 385 g/mol. The van der Waals surface area contributed by atoms with Crippen LogP contribution in [0.25, 0.3) is 22.3 Å². The van der Waals surface area contributed by atoms with Crippen LogP contribution in [-0.4, -0.2) is 50.3 Å². The molecule has 1 aromatic carbocycles. The van der Waals surface area contributed by atoms with Crippen molar-refractivity contribution in [3.63, 3.8) is 0 Å². The number of piperidine rings is 1. The Kier molecular flexibility index (Phi) is 5.18. The molecule has 0 amide bonds. The number of alkyl halides is 3. The first-order valence-electron chi connectivity index (χ1n) is 9.48. The second-order valence-corrected chi connectivity index (χ2v) is 7.32. The second-order valence-electron chi connectivity index (χ2n) is 7.32. The maximum Gasteiger partial charge on any atom is 0.416 e. The van der Waals surface area contributed by atoms with Crippen LogP contribution in [-0.2, 0) is 12.7 Å². The number of aromatic nitrogens is 3. The van der Waals surface area contributed by atoms with Crippen LogP contribution in [0.4, 0.5) is 13.2 Å². The summed E-state index contributed by atoms with van der Waals surface area (Å²) in [7, 11) is 0.